The Hall–Kier alpha value is -3.10. The van der Waals surface area contributed by atoms with Gasteiger partial charge in [0.2, 0.25) is 0 Å². The molecule has 116 valence electrons. The summed E-state index contributed by atoms with van der Waals surface area (Å²) in [7, 11) is 0. The van der Waals surface area contributed by atoms with Gasteiger partial charge in [-0.1, -0.05) is 23.7 Å². The van der Waals surface area contributed by atoms with Crippen LogP contribution in [0.25, 0.3) is 11.1 Å². The molecule has 1 aliphatic heterocycles. The van der Waals surface area contributed by atoms with Gasteiger partial charge in [0.25, 0.3) is 5.91 Å². The molecular formula is C18H11ClN4O. The lowest BCUT2D eigenvalue weighted by Gasteiger charge is -2.06. The molecule has 0 radical (unpaired) electrons. The molecule has 1 aliphatic rings. The van der Waals surface area contributed by atoms with E-state index in [-0.39, 0.29) is 5.91 Å². The number of nitrogens with zero attached hydrogens (tertiary/aromatic N) is 3. The van der Waals surface area contributed by atoms with E-state index in [1.165, 1.54) is 0 Å². The maximum atomic E-state index is 12.5. The zero-order valence-electron chi connectivity index (χ0n) is 12.5. The number of carbonyl (C=O) groups excluding carboxylic acids is 1. The van der Waals surface area contributed by atoms with E-state index in [1.54, 1.807) is 24.4 Å². The van der Waals surface area contributed by atoms with Crippen LogP contribution >= 0.6 is 11.6 Å². The molecule has 0 saturated carbocycles. The maximum Gasteiger partial charge on any atom is 0.272 e. The van der Waals surface area contributed by atoms with E-state index < -0.39 is 0 Å². The van der Waals surface area contributed by atoms with Crippen molar-refractivity contribution in [2.75, 3.05) is 5.32 Å². The molecule has 2 aromatic heterocycles. The highest BCUT2D eigenvalue weighted by Crippen LogP contribution is 2.28. The lowest BCUT2D eigenvalue weighted by atomic mass is 10.1. The fraction of sp³-hybridized carbons (Fsp3) is 0.0556. The SMILES string of the molecule is N#Cc1ccc(-c2cc3n(c2)Cc2cc(Cl)ncc2NC3=O)cc1. The first kappa shape index (κ1) is 14.5. The summed E-state index contributed by atoms with van der Waals surface area (Å²) in [4.78, 5) is 16.5. The van der Waals surface area contributed by atoms with Crippen molar-refractivity contribution in [2.24, 2.45) is 0 Å². The first-order chi connectivity index (χ1) is 11.6. The summed E-state index contributed by atoms with van der Waals surface area (Å²) < 4.78 is 1.89. The maximum absolute atomic E-state index is 12.5. The topological polar surface area (TPSA) is 70.7 Å². The number of halogens is 1. The van der Waals surface area contributed by atoms with Gasteiger partial charge in [-0.3, -0.25) is 4.79 Å². The van der Waals surface area contributed by atoms with E-state index in [9.17, 15) is 4.79 Å². The molecule has 3 aromatic rings. The van der Waals surface area contributed by atoms with Gasteiger partial charge >= 0.3 is 0 Å². The second kappa shape index (κ2) is 5.52. The third-order valence-corrected chi connectivity index (χ3v) is 4.23. The smallest absolute Gasteiger partial charge is 0.272 e. The minimum Gasteiger partial charge on any atom is -0.338 e. The van der Waals surface area contributed by atoms with E-state index in [0.717, 1.165) is 16.7 Å². The molecule has 1 amide bonds. The number of fused-ring (bicyclic) bond motifs is 2. The third kappa shape index (κ3) is 2.43. The molecule has 1 N–H and O–H groups in total. The number of amides is 1. The minimum absolute atomic E-state index is 0.183. The molecule has 3 heterocycles. The van der Waals surface area contributed by atoms with Gasteiger partial charge in [0, 0.05) is 18.3 Å². The number of carbonyl (C=O) groups is 1. The van der Waals surface area contributed by atoms with Gasteiger partial charge in [-0.15, -0.1) is 0 Å². The van der Waals surface area contributed by atoms with Crippen molar-refractivity contribution in [2.45, 2.75) is 6.54 Å². The summed E-state index contributed by atoms with van der Waals surface area (Å²) in [5.74, 6) is -0.183. The zero-order valence-corrected chi connectivity index (χ0v) is 13.2. The van der Waals surface area contributed by atoms with Gasteiger partial charge in [-0.2, -0.15) is 5.26 Å². The zero-order chi connectivity index (χ0) is 16.7. The molecule has 6 heteroatoms. The quantitative estimate of drug-likeness (QED) is 0.690. The lowest BCUT2D eigenvalue weighted by Crippen LogP contribution is -2.13. The molecule has 0 unspecified atom stereocenters. The second-order valence-electron chi connectivity index (χ2n) is 5.55. The molecule has 1 aromatic carbocycles. The first-order valence-corrected chi connectivity index (χ1v) is 7.68. The summed E-state index contributed by atoms with van der Waals surface area (Å²) in [6.07, 6.45) is 3.50. The van der Waals surface area contributed by atoms with E-state index in [4.69, 9.17) is 16.9 Å². The average molecular weight is 335 g/mol. The Morgan fingerprint density at radius 2 is 2.00 bits per heavy atom. The number of aromatic nitrogens is 2. The van der Waals surface area contributed by atoms with Crippen molar-refractivity contribution in [1.82, 2.24) is 9.55 Å². The van der Waals surface area contributed by atoms with Gasteiger partial charge in [-0.25, -0.2) is 4.98 Å². The molecule has 0 aliphatic carbocycles. The van der Waals surface area contributed by atoms with Gasteiger partial charge < -0.3 is 9.88 Å². The number of hydrogen-bond acceptors (Lipinski definition) is 3. The number of nitrogens with one attached hydrogen (secondary N) is 1. The van der Waals surface area contributed by atoms with Crippen molar-refractivity contribution in [3.8, 4) is 17.2 Å². The highest BCUT2D eigenvalue weighted by atomic mass is 35.5. The Balaban J connectivity index is 1.77. The Morgan fingerprint density at radius 1 is 1.21 bits per heavy atom. The van der Waals surface area contributed by atoms with Crippen molar-refractivity contribution in [1.29, 1.82) is 5.26 Å². The minimum atomic E-state index is -0.183. The van der Waals surface area contributed by atoms with E-state index in [2.05, 4.69) is 16.4 Å². The Morgan fingerprint density at radius 3 is 2.75 bits per heavy atom. The standard InChI is InChI=1S/C18H11ClN4O/c19-17-6-14-10-23-9-13(12-3-1-11(7-20)2-4-12)5-16(23)18(24)22-15(14)8-21-17/h1-6,8-9H,10H2,(H,22,24). The van der Waals surface area contributed by atoms with Crippen molar-refractivity contribution in [3.63, 3.8) is 0 Å². The van der Waals surface area contributed by atoms with E-state index >= 15 is 0 Å². The Labute approximate surface area is 143 Å². The summed E-state index contributed by atoms with van der Waals surface area (Å²) >= 11 is 5.96. The predicted molar refractivity (Wildman–Crippen MR) is 90.9 cm³/mol. The van der Waals surface area contributed by atoms with Gasteiger partial charge in [0.1, 0.15) is 10.8 Å². The molecule has 0 spiro atoms. The van der Waals surface area contributed by atoms with Crippen LogP contribution in [0, 0.1) is 11.3 Å². The number of rotatable bonds is 1. The molecular weight excluding hydrogens is 324 g/mol. The van der Waals surface area contributed by atoms with Crippen LogP contribution in [0.1, 0.15) is 21.6 Å². The summed E-state index contributed by atoms with van der Waals surface area (Å²) in [5.41, 5.74) is 4.63. The summed E-state index contributed by atoms with van der Waals surface area (Å²) in [5, 5.41) is 12.1. The van der Waals surface area contributed by atoms with Crippen LogP contribution in [0.15, 0.2) is 48.8 Å². The van der Waals surface area contributed by atoms with Crippen LogP contribution < -0.4 is 5.32 Å². The normalized spacial score (nSPS) is 12.6. The average Bonchev–Trinajstić information content (AvgIpc) is 2.96. The van der Waals surface area contributed by atoms with Crippen LogP contribution in [0.5, 0.6) is 0 Å². The largest absolute Gasteiger partial charge is 0.338 e. The molecule has 5 nitrogen and oxygen atoms in total. The first-order valence-electron chi connectivity index (χ1n) is 7.30. The van der Waals surface area contributed by atoms with Crippen molar-refractivity contribution >= 4 is 23.2 Å². The van der Waals surface area contributed by atoms with Gasteiger partial charge in [0.05, 0.1) is 23.5 Å². The van der Waals surface area contributed by atoms with Crippen LogP contribution in [-0.2, 0) is 6.54 Å². The highest BCUT2D eigenvalue weighted by molar-refractivity contribution is 6.29. The number of anilines is 1. The molecule has 0 saturated heterocycles. The van der Waals surface area contributed by atoms with Crippen LogP contribution in [0.2, 0.25) is 5.15 Å². The van der Waals surface area contributed by atoms with E-state index in [0.29, 0.717) is 28.6 Å². The Kier molecular flexibility index (Phi) is 3.33. The van der Waals surface area contributed by atoms with Crippen molar-refractivity contribution in [3.05, 3.63) is 70.8 Å². The molecule has 0 atom stereocenters. The van der Waals surface area contributed by atoms with Crippen LogP contribution in [-0.4, -0.2) is 15.5 Å². The summed E-state index contributed by atoms with van der Waals surface area (Å²) in [6, 6.07) is 13.0. The molecule has 0 fully saturated rings. The van der Waals surface area contributed by atoms with Gasteiger partial charge in [-0.05, 0) is 35.4 Å². The van der Waals surface area contributed by atoms with Gasteiger partial charge in [0.15, 0.2) is 0 Å². The second-order valence-corrected chi connectivity index (χ2v) is 5.94. The molecule has 0 bridgehead atoms. The number of benzene rings is 1. The van der Waals surface area contributed by atoms with Crippen molar-refractivity contribution < 1.29 is 4.79 Å². The highest BCUT2D eigenvalue weighted by Gasteiger charge is 2.21. The summed E-state index contributed by atoms with van der Waals surface area (Å²) in [6.45, 7) is 0.530. The third-order valence-electron chi connectivity index (χ3n) is 4.02. The predicted octanol–water partition coefficient (Wildman–Crippen LogP) is 3.69. The number of pyridine rings is 1. The Bertz CT molecular complexity index is 999. The van der Waals surface area contributed by atoms with Crippen LogP contribution in [0.4, 0.5) is 5.69 Å². The van der Waals surface area contributed by atoms with E-state index in [1.807, 2.05) is 29.0 Å². The lowest BCUT2D eigenvalue weighted by molar-refractivity contribution is 0.102. The van der Waals surface area contributed by atoms with Crippen LogP contribution in [0.3, 0.4) is 0 Å². The fourth-order valence-electron chi connectivity index (χ4n) is 2.81. The number of hydrogen-bond donors (Lipinski definition) is 1. The monoisotopic (exact) mass is 334 g/mol. The number of nitriles is 1. The molecule has 4 rings (SSSR count). The fourth-order valence-corrected chi connectivity index (χ4v) is 2.99. The molecule has 24 heavy (non-hydrogen) atoms.